The van der Waals surface area contributed by atoms with Gasteiger partial charge in [0.25, 0.3) is 5.91 Å². The quantitative estimate of drug-likeness (QED) is 0.756. The lowest BCUT2D eigenvalue weighted by molar-refractivity contribution is 0.0681. The van der Waals surface area contributed by atoms with Crippen molar-refractivity contribution in [3.05, 3.63) is 35.0 Å². The SMILES string of the molecule is Cc1csc(-c2ccc3c(C(=O)N4CCN5CCC4CC5)n[nH]c3c2)n1. The summed E-state index contributed by atoms with van der Waals surface area (Å²) in [5.41, 5.74) is 3.51. The normalized spacial score (nSPS) is 22.7. The van der Waals surface area contributed by atoms with Crippen molar-refractivity contribution in [2.24, 2.45) is 0 Å². The Balaban J connectivity index is 1.48. The molecule has 0 radical (unpaired) electrons. The van der Waals surface area contributed by atoms with Crippen molar-refractivity contribution in [2.45, 2.75) is 25.8 Å². The Bertz CT molecular complexity index is 969. The zero-order valence-corrected chi connectivity index (χ0v) is 15.6. The number of hydrogen-bond acceptors (Lipinski definition) is 5. The summed E-state index contributed by atoms with van der Waals surface area (Å²) >= 11 is 1.63. The fraction of sp³-hybridized carbons (Fsp3) is 0.421. The molecule has 3 saturated heterocycles. The first-order chi connectivity index (χ1) is 12.7. The molecule has 3 aliphatic heterocycles. The number of amides is 1. The Morgan fingerprint density at radius 3 is 2.85 bits per heavy atom. The molecule has 0 spiro atoms. The number of nitrogens with one attached hydrogen (secondary N) is 1. The van der Waals surface area contributed by atoms with Crippen LogP contribution in [-0.2, 0) is 0 Å². The molecular formula is C19H21N5OS. The van der Waals surface area contributed by atoms with E-state index in [-0.39, 0.29) is 5.91 Å². The number of aromatic amines is 1. The molecule has 0 atom stereocenters. The third-order valence-corrected chi connectivity index (χ3v) is 6.56. The van der Waals surface area contributed by atoms with Gasteiger partial charge in [-0.3, -0.25) is 9.89 Å². The number of fused-ring (bicyclic) bond motifs is 5. The van der Waals surface area contributed by atoms with Crippen LogP contribution in [0.4, 0.5) is 0 Å². The number of hydrogen-bond donors (Lipinski definition) is 1. The molecule has 134 valence electrons. The summed E-state index contributed by atoms with van der Waals surface area (Å²) in [6.45, 7) is 5.97. The van der Waals surface area contributed by atoms with Crippen LogP contribution in [0.1, 0.15) is 29.0 Å². The van der Waals surface area contributed by atoms with E-state index in [0.29, 0.717) is 11.7 Å². The predicted octanol–water partition coefficient (Wildman–Crippen LogP) is 2.92. The predicted molar refractivity (Wildman–Crippen MR) is 102 cm³/mol. The smallest absolute Gasteiger partial charge is 0.275 e. The molecule has 3 aliphatic rings. The summed E-state index contributed by atoms with van der Waals surface area (Å²) < 4.78 is 0. The van der Waals surface area contributed by atoms with Gasteiger partial charge in [-0.1, -0.05) is 6.07 Å². The molecule has 0 unspecified atom stereocenters. The van der Waals surface area contributed by atoms with Crippen LogP contribution >= 0.6 is 11.3 Å². The van der Waals surface area contributed by atoms with Crippen molar-refractivity contribution >= 4 is 28.1 Å². The zero-order chi connectivity index (χ0) is 17.7. The topological polar surface area (TPSA) is 65.1 Å². The molecule has 7 heteroatoms. The molecule has 1 amide bonds. The molecule has 5 heterocycles. The number of H-pyrrole nitrogens is 1. The maximum absolute atomic E-state index is 13.2. The molecule has 1 aromatic carbocycles. The van der Waals surface area contributed by atoms with Crippen LogP contribution in [0.2, 0.25) is 0 Å². The van der Waals surface area contributed by atoms with Crippen LogP contribution in [0.3, 0.4) is 0 Å². The second-order valence-electron chi connectivity index (χ2n) is 7.20. The van der Waals surface area contributed by atoms with Crippen molar-refractivity contribution < 1.29 is 4.79 Å². The number of nitrogens with zero attached hydrogens (tertiary/aromatic N) is 4. The van der Waals surface area contributed by atoms with Gasteiger partial charge in [0.2, 0.25) is 0 Å². The molecule has 0 aliphatic carbocycles. The third-order valence-electron chi connectivity index (χ3n) is 5.55. The van der Waals surface area contributed by atoms with E-state index in [1.165, 1.54) is 0 Å². The van der Waals surface area contributed by atoms with Gasteiger partial charge in [-0.25, -0.2) is 4.98 Å². The minimum atomic E-state index is 0.0582. The zero-order valence-electron chi connectivity index (χ0n) is 14.7. The molecule has 2 bridgehead atoms. The van der Waals surface area contributed by atoms with Crippen LogP contribution in [0, 0.1) is 6.92 Å². The Morgan fingerprint density at radius 1 is 1.23 bits per heavy atom. The number of piperidine rings is 1. The van der Waals surface area contributed by atoms with E-state index in [0.717, 1.165) is 66.2 Å². The number of rotatable bonds is 2. The van der Waals surface area contributed by atoms with Crippen molar-refractivity contribution in [3.8, 4) is 10.6 Å². The molecule has 3 fully saturated rings. The van der Waals surface area contributed by atoms with Gasteiger partial charge < -0.3 is 9.80 Å². The summed E-state index contributed by atoms with van der Waals surface area (Å²) in [7, 11) is 0. The molecule has 2 aromatic heterocycles. The number of benzene rings is 1. The Hall–Kier alpha value is -2.25. The minimum Gasteiger partial charge on any atom is -0.333 e. The highest BCUT2D eigenvalue weighted by molar-refractivity contribution is 7.13. The summed E-state index contributed by atoms with van der Waals surface area (Å²) in [6.07, 6.45) is 2.14. The van der Waals surface area contributed by atoms with Gasteiger partial charge in [0, 0.05) is 54.2 Å². The lowest BCUT2D eigenvalue weighted by Gasteiger charge is -2.31. The maximum atomic E-state index is 13.2. The summed E-state index contributed by atoms with van der Waals surface area (Å²) in [6, 6.07) is 6.42. The summed E-state index contributed by atoms with van der Waals surface area (Å²) in [4.78, 5) is 22.2. The molecule has 1 N–H and O–H groups in total. The van der Waals surface area contributed by atoms with Crippen molar-refractivity contribution in [2.75, 3.05) is 26.2 Å². The first-order valence-corrected chi connectivity index (χ1v) is 10.0. The average molecular weight is 367 g/mol. The van der Waals surface area contributed by atoms with Crippen LogP contribution in [-0.4, -0.2) is 63.1 Å². The molecule has 6 rings (SSSR count). The van der Waals surface area contributed by atoms with Gasteiger partial charge >= 0.3 is 0 Å². The fourth-order valence-electron chi connectivity index (χ4n) is 4.09. The first-order valence-electron chi connectivity index (χ1n) is 9.13. The van der Waals surface area contributed by atoms with E-state index in [1.54, 1.807) is 11.3 Å². The van der Waals surface area contributed by atoms with Crippen LogP contribution < -0.4 is 0 Å². The second-order valence-corrected chi connectivity index (χ2v) is 8.06. The van der Waals surface area contributed by atoms with E-state index in [1.807, 2.05) is 35.4 Å². The Morgan fingerprint density at radius 2 is 2.08 bits per heavy atom. The summed E-state index contributed by atoms with van der Waals surface area (Å²) in [5, 5.41) is 11.4. The van der Waals surface area contributed by atoms with Gasteiger partial charge in [0.15, 0.2) is 5.69 Å². The van der Waals surface area contributed by atoms with Gasteiger partial charge in [-0.05, 0) is 31.9 Å². The van der Waals surface area contributed by atoms with Crippen molar-refractivity contribution in [3.63, 3.8) is 0 Å². The molecule has 6 nitrogen and oxygen atoms in total. The monoisotopic (exact) mass is 367 g/mol. The second kappa shape index (κ2) is 6.17. The van der Waals surface area contributed by atoms with E-state index in [9.17, 15) is 4.79 Å². The van der Waals surface area contributed by atoms with Gasteiger partial charge in [0.1, 0.15) is 5.01 Å². The summed E-state index contributed by atoms with van der Waals surface area (Å²) in [5.74, 6) is 0.0582. The van der Waals surface area contributed by atoms with E-state index in [2.05, 4.69) is 20.1 Å². The standard InChI is InChI=1S/C19H21N5OS/c1-12-11-26-18(20-12)13-2-3-15-16(10-13)21-22-17(15)19(25)24-9-8-23-6-4-14(24)5-7-23/h2-3,10-11,14H,4-9H2,1H3,(H,21,22). The van der Waals surface area contributed by atoms with Crippen LogP contribution in [0.5, 0.6) is 0 Å². The van der Waals surface area contributed by atoms with Crippen LogP contribution in [0.15, 0.2) is 23.6 Å². The molecule has 26 heavy (non-hydrogen) atoms. The number of aromatic nitrogens is 3. The van der Waals surface area contributed by atoms with E-state index >= 15 is 0 Å². The number of carbonyl (C=O) groups is 1. The number of carbonyl (C=O) groups excluding carboxylic acids is 1. The van der Waals surface area contributed by atoms with Gasteiger partial charge in [-0.2, -0.15) is 5.10 Å². The largest absolute Gasteiger partial charge is 0.333 e. The van der Waals surface area contributed by atoms with Crippen LogP contribution in [0.25, 0.3) is 21.5 Å². The molecular weight excluding hydrogens is 346 g/mol. The number of thiazole rings is 1. The fourth-order valence-corrected chi connectivity index (χ4v) is 4.89. The highest BCUT2D eigenvalue weighted by atomic mass is 32.1. The van der Waals surface area contributed by atoms with Crippen molar-refractivity contribution in [1.29, 1.82) is 0 Å². The Labute approximate surface area is 155 Å². The minimum absolute atomic E-state index is 0.0582. The van der Waals surface area contributed by atoms with E-state index < -0.39 is 0 Å². The molecule has 0 saturated carbocycles. The third kappa shape index (κ3) is 2.62. The molecule has 3 aromatic rings. The van der Waals surface area contributed by atoms with Gasteiger partial charge in [0.05, 0.1) is 5.52 Å². The maximum Gasteiger partial charge on any atom is 0.275 e. The van der Waals surface area contributed by atoms with E-state index in [4.69, 9.17) is 0 Å². The lowest BCUT2D eigenvalue weighted by Crippen LogP contribution is -2.41. The highest BCUT2D eigenvalue weighted by Gasteiger charge is 2.33. The van der Waals surface area contributed by atoms with Gasteiger partial charge in [-0.15, -0.1) is 11.3 Å². The lowest BCUT2D eigenvalue weighted by atomic mass is 10.0. The Kier molecular flexibility index (Phi) is 3.79. The van der Waals surface area contributed by atoms with Crippen molar-refractivity contribution in [1.82, 2.24) is 25.0 Å². The first kappa shape index (κ1) is 16.0. The average Bonchev–Trinajstić information content (AvgIpc) is 3.16. The highest BCUT2D eigenvalue weighted by Crippen LogP contribution is 2.29. The number of aryl methyl sites for hydroxylation is 1.